The van der Waals surface area contributed by atoms with Crippen LogP contribution >= 0.6 is 0 Å². The Labute approximate surface area is 77.3 Å². The van der Waals surface area contributed by atoms with Crippen molar-refractivity contribution in [3.8, 4) is 0 Å². The predicted molar refractivity (Wildman–Crippen MR) is 47.0 cm³/mol. The van der Waals surface area contributed by atoms with Gasteiger partial charge in [0, 0.05) is 6.04 Å². The molecule has 1 aliphatic heterocycles. The van der Waals surface area contributed by atoms with Crippen molar-refractivity contribution in [2.45, 2.75) is 38.8 Å². The highest BCUT2D eigenvalue weighted by atomic mass is 16.2. The van der Waals surface area contributed by atoms with Crippen molar-refractivity contribution in [2.24, 2.45) is 5.92 Å². The number of imide groups is 1. The molecule has 1 N–H and O–H groups in total. The molecule has 0 aromatic rings. The Morgan fingerprint density at radius 2 is 2.00 bits per heavy atom. The number of nitrogens with one attached hydrogen (secondary N) is 1. The van der Waals surface area contributed by atoms with E-state index < -0.39 is 0 Å². The van der Waals surface area contributed by atoms with E-state index in [1.807, 2.05) is 13.8 Å². The van der Waals surface area contributed by atoms with Gasteiger partial charge in [0.25, 0.3) is 5.91 Å². The molecule has 1 unspecified atom stereocenters. The molecule has 1 saturated heterocycles. The fraction of sp³-hybridized carbons (Fsp3) is 0.778. The van der Waals surface area contributed by atoms with Gasteiger partial charge in [-0.3, -0.25) is 9.69 Å². The van der Waals surface area contributed by atoms with Gasteiger partial charge in [-0.1, -0.05) is 13.8 Å². The average Bonchev–Trinajstić information content (AvgIpc) is 2.80. The van der Waals surface area contributed by atoms with Gasteiger partial charge < -0.3 is 5.32 Å². The van der Waals surface area contributed by atoms with Gasteiger partial charge in [-0.25, -0.2) is 4.79 Å². The first-order valence-corrected chi connectivity index (χ1v) is 4.75. The second-order valence-electron chi connectivity index (χ2n) is 4.11. The van der Waals surface area contributed by atoms with Gasteiger partial charge in [-0.05, 0) is 18.8 Å². The van der Waals surface area contributed by atoms with E-state index in [9.17, 15) is 9.59 Å². The first kappa shape index (κ1) is 8.53. The first-order valence-electron chi connectivity index (χ1n) is 4.75. The van der Waals surface area contributed by atoms with Crippen LogP contribution in [0.5, 0.6) is 0 Å². The largest absolute Gasteiger partial charge is 0.326 e. The van der Waals surface area contributed by atoms with Crippen molar-refractivity contribution < 1.29 is 9.59 Å². The summed E-state index contributed by atoms with van der Waals surface area (Å²) in [6.07, 6.45) is 1.95. The van der Waals surface area contributed by atoms with Gasteiger partial charge in [0.1, 0.15) is 6.04 Å². The Morgan fingerprint density at radius 3 is 2.38 bits per heavy atom. The lowest BCUT2D eigenvalue weighted by Crippen LogP contribution is -2.35. The Bertz CT molecular complexity index is 258. The standard InChI is InChI=1S/C9H14N2O2/c1-5(2)7-8(12)11(6-3-4-6)9(13)10-7/h5-7H,3-4H2,1-2H3,(H,10,13). The molecule has 1 heterocycles. The third-order valence-corrected chi connectivity index (χ3v) is 2.58. The number of carbonyl (C=O) groups is 2. The fourth-order valence-electron chi connectivity index (χ4n) is 1.64. The third-order valence-electron chi connectivity index (χ3n) is 2.58. The molecule has 0 aromatic heterocycles. The summed E-state index contributed by atoms with van der Waals surface area (Å²) in [5.74, 6) is 0.141. The maximum atomic E-state index is 11.7. The normalized spacial score (nSPS) is 28.5. The highest BCUT2D eigenvalue weighted by Gasteiger charge is 2.46. The Balaban J connectivity index is 2.14. The van der Waals surface area contributed by atoms with Crippen LogP contribution in [0.4, 0.5) is 4.79 Å². The maximum absolute atomic E-state index is 11.7. The zero-order chi connectivity index (χ0) is 9.59. The number of nitrogens with zero attached hydrogens (tertiary/aromatic N) is 1. The number of hydrogen-bond donors (Lipinski definition) is 1. The molecule has 2 rings (SSSR count). The van der Waals surface area contributed by atoms with E-state index in [1.54, 1.807) is 0 Å². The highest BCUT2D eigenvalue weighted by molar-refractivity contribution is 6.04. The first-order chi connectivity index (χ1) is 6.11. The van der Waals surface area contributed by atoms with Crippen LogP contribution in [-0.4, -0.2) is 28.9 Å². The molecule has 0 radical (unpaired) electrons. The zero-order valence-corrected chi connectivity index (χ0v) is 7.91. The molecule has 0 aromatic carbocycles. The summed E-state index contributed by atoms with van der Waals surface area (Å²) in [6, 6.07) is -0.310. The van der Waals surface area contributed by atoms with Crippen LogP contribution in [0.25, 0.3) is 0 Å². The van der Waals surface area contributed by atoms with Crippen molar-refractivity contribution in [3.05, 3.63) is 0 Å². The molecule has 1 saturated carbocycles. The lowest BCUT2D eigenvalue weighted by Gasteiger charge is -2.13. The van der Waals surface area contributed by atoms with Crippen molar-refractivity contribution >= 4 is 11.9 Å². The minimum Gasteiger partial charge on any atom is -0.326 e. The van der Waals surface area contributed by atoms with E-state index in [0.717, 1.165) is 12.8 Å². The molecule has 1 atom stereocenters. The Hall–Kier alpha value is -1.06. The molecule has 2 fully saturated rings. The minimum atomic E-state index is -0.298. The Kier molecular flexibility index (Phi) is 1.78. The molecule has 13 heavy (non-hydrogen) atoms. The molecule has 2 aliphatic rings. The van der Waals surface area contributed by atoms with Crippen LogP contribution in [0, 0.1) is 5.92 Å². The third kappa shape index (κ3) is 1.30. The zero-order valence-electron chi connectivity index (χ0n) is 7.91. The van der Waals surface area contributed by atoms with Gasteiger partial charge in [0.05, 0.1) is 0 Å². The van der Waals surface area contributed by atoms with E-state index in [0.29, 0.717) is 0 Å². The van der Waals surface area contributed by atoms with Gasteiger partial charge in [-0.2, -0.15) is 0 Å². The molecule has 4 nitrogen and oxygen atoms in total. The quantitative estimate of drug-likeness (QED) is 0.640. The number of urea groups is 1. The number of amides is 3. The number of hydrogen-bond acceptors (Lipinski definition) is 2. The monoisotopic (exact) mass is 182 g/mol. The van der Waals surface area contributed by atoms with Crippen LogP contribution < -0.4 is 5.32 Å². The van der Waals surface area contributed by atoms with Gasteiger partial charge in [0.15, 0.2) is 0 Å². The lowest BCUT2D eigenvalue weighted by molar-refractivity contribution is -0.128. The molecule has 4 heteroatoms. The van der Waals surface area contributed by atoms with Crippen LogP contribution in [0.1, 0.15) is 26.7 Å². The second-order valence-corrected chi connectivity index (χ2v) is 4.11. The summed E-state index contributed by atoms with van der Waals surface area (Å²) in [4.78, 5) is 24.4. The van der Waals surface area contributed by atoms with Crippen molar-refractivity contribution in [1.82, 2.24) is 10.2 Å². The number of rotatable bonds is 2. The SMILES string of the molecule is CC(C)C1NC(=O)N(C2CC2)C1=O. The van der Waals surface area contributed by atoms with Crippen molar-refractivity contribution in [2.75, 3.05) is 0 Å². The summed E-state index contributed by atoms with van der Waals surface area (Å²) in [6.45, 7) is 3.89. The topological polar surface area (TPSA) is 49.4 Å². The molecular weight excluding hydrogens is 168 g/mol. The fourth-order valence-corrected chi connectivity index (χ4v) is 1.64. The van der Waals surface area contributed by atoms with Crippen LogP contribution in [0.2, 0.25) is 0 Å². The van der Waals surface area contributed by atoms with E-state index >= 15 is 0 Å². The summed E-state index contributed by atoms with van der Waals surface area (Å²) >= 11 is 0. The van der Waals surface area contributed by atoms with E-state index in [1.165, 1.54) is 4.90 Å². The number of carbonyl (C=O) groups excluding carboxylic acids is 2. The van der Waals surface area contributed by atoms with E-state index in [4.69, 9.17) is 0 Å². The molecular formula is C9H14N2O2. The van der Waals surface area contributed by atoms with Gasteiger partial charge in [0.2, 0.25) is 0 Å². The van der Waals surface area contributed by atoms with Gasteiger partial charge in [-0.15, -0.1) is 0 Å². The van der Waals surface area contributed by atoms with Crippen LogP contribution in [0.15, 0.2) is 0 Å². The second kappa shape index (κ2) is 2.72. The predicted octanol–water partition coefficient (Wildman–Crippen LogP) is 0.725. The minimum absolute atomic E-state index is 0.0394. The summed E-state index contributed by atoms with van der Waals surface area (Å²) in [5, 5.41) is 2.71. The van der Waals surface area contributed by atoms with Crippen molar-refractivity contribution in [1.29, 1.82) is 0 Å². The molecule has 0 bridgehead atoms. The average molecular weight is 182 g/mol. The molecule has 3 amide bonds. The van der Waals surface area contributed by atoms with Gasteiger partial charge >= 0.3 is 6.03 Å². The Morgan fingerprint density at radius 1 is 1.38 bits per heavy atom. The molecule has 1 aliphatic carbocycles. The van der Waals surface area contributed by atoms with E-state index in [-0.39, 0.29) is 29.9 Å². The van der Waals surface area contributed by atoms with E-state index in [2.05, 4.69) is 5.32 Å². The smallest absolute Gasteiger partial charge is 0.325 e. The summed E-state index contributed by atoms with van der Waals surface area (Å²) in [7, 11) is 0. The molecule has 72 valence electrons. The molecule has 0 spiro atoms. The highest BCUT2D eigenvalue weighted by Crippen LogP contribution is 2.30. The lowest BCUT2D eigenvalue weighted by atomic mass is 10.1. The van der Waals surface area contributed by atoms with Crippen LogP contribution in [-0.2, 0) is 4.79 Å². The maximum Gasteiger partial charge on any atom is 0.325 e. The van der Waals surface area contributed by atoms with Crippen LogP contribution in [0.3, 0.4) is 0 Å². The van der Waals surface area contributed by atoms with Crippen molar-refractivity contribution in [3.63, 3.8) is 0 Å². The summed E-state index contributed by atoms with van der Waals surface area (Å²) in [5.41, 5.74) is 0. The summed E-state index contributed by atoms with van der Waals surface area (Å²) < 4.78 is 0.